The van der Waals surface area contributed by atoms with Crippen LogP contribution in [-0.4, -0.2) is 32.5 Å². The molecule has 0 N–H and O–H groups in total. The molecule has 6 heteroatoms. The van der Waals surface area contributed by atoms with Crippen molar-refractivity contribution in [1.29, 1.82) is 0 Å². The quantitative estimate of drug-likeness (QED) is 0.812. The van der Waals surface area contributed by atoms with Gasteiger partial charge in [-0.05, 0) is 56.0 Å². The molecule has 0 atom stereocenters. The average Bonchev–Trinajstić information content (AvgIpc) is 2.83. The Balaban J connectivity index is 1.93. The summed E-state index contributed by atoms with van der Waals surface area (Å²) in [5, 5.41) is 0.651. The Morgan fingerprint density at radius 2 is 2.13 bits per heavy atom. The van der Waals surface area contributed by atoms with Gasteiger partial charge in [0.25, 0.3) is 5.91 Å². The zero-order valence-corrected chi connectivity index (χ0v) is 13.7. The van der Waals surface area contributed by atoms with E-state index >= 15 is 0 Å². The van der Waals surface area contributed by atoms with Gasteiger partial charge in [0.15, 0.2) is 11.0 Å². The number of aryl methyl sites for hydroxylation is 1. The molecule has 0 aliphatic carbocycles. The highest BCUT2D eigenvalue weighted by Gasteiger charge is 2.32. The Morgan fingerprint density at radius 3 is 2.83 bits per heavy atom. The minimum absolute atomic E-state index is 0.0467. The van der Waals surface area contributed by atoms with Crippen molar-refractivity contribution in [1.82, 2.24) is 14.9 Å². The monoisotopic (exact) mass is 324 g/mol. The molecule has 0 bridgehead atoms. The van der Waals surface area contributed by atoms with E-state index in [1.54, 1.807) is 17.2 Å². The third-order valence-electron chi connectivity index (χ3n) is 3.25. The number of hydrogen-bond acceptors (Lipinski definition) is 5. The molecule has 1 aliphatic heterocycles. The van der Waals surface area contributed by atoms with Crippen LogP contribution >= 0.6 is 11.8 Å². The van der Waals surface area contributed by atoms with Crippen molar-refractivity contribution >= 4 is 34.7 Å². The molecule has 116 valence electrons. The maximum atomic E-state index is 12.5. The van der Waals surface area contributed by atoms with Crippen molar-refractivity contribution in [3.63, 3.8) is 0 Å². The number of thioether (sulfide) groups is 1. The number of carbonyl (C=O) groups excluding carboxylic acids is 1. The highest BCUT2D eigenvalue weighted by Crippen LogP contribution is 2.33. The Hall–Kier alpha value is -2.47. The number of hydrogen-bond donors (Lipinski definition) is 0. The number of carbonyl (C=O) groups is 1. The molecule has 5 nitrogen and oxygen atoms in total. The molecule has 3 heterocycles. The third-order valence-corrected chi connectivity index (χ3v) is 4.26. The van der Waals surface area contributed by atoms with Crippen molar-refractivity contribution in [3.05, 3.63) is 58.9 Å². The van der Waals surface area contributed by atoms with E-state index in [1.807, 2.05) is 50.2 Å². The molecule has 2 aromatic rings. The van der Waals surface area contributed by atoms with Gasteiger partial charge < -0.3 is 0 Å². The first-order valence-corrected chi connectivity index (χ1v) is 8.14. The molecule has 0 radical (unpaired) electrons. The lowest BCUT2D eigenvalue weighted by molar-refractivity contribution is -0.122. The first-order valence-electron chi connectivity index (χ1n) is 7.32. The van der Waals surface area contributed by atoms with Gasteiger partial charge in [0, 0.05) is 18.4 Å². The number of rotatable bonds is 3. The van der Waals surface area contributed by atoms with Crippen LogP contribution in [0, 0.1) is 6.92 Å². The summed E-state index contributed by atoms with van der Waals surface area (Å²) in [7, 11) is 0. The topological polar surface area (TPSA) is 58.5 Å². The van der Waals surface area contributed by atoms with Crippen LogP contribution in [0.25, 0.3) is 6.08 Å². The molecule has 0 spiro atoms. The van der Waals surface area contributed by atoms with Gasteiger partial charge >= 0.3 is 0 Å². The average molecular weight is 324 g/mol. The number of likely N-dealkylation sites (N-methyl/N-ethyl adjacent to an activating group) is 1. The van der Waals surface area contributed by atoms with Gasteiger partial charge in [-0.1, -0.05) is 12.1 Å². The standard InChI is InChI=1S/C17H16N4OS/c1-3-21-16(22)14(11-13-8-4-5-10-18-13)23-17(21)20-15-9-6-7-12(2)19-15/h4-11H,3H2,1-2H3/b14-11-,20-17+. The summed E-state index contributed by atoms with van der Waals surface area (Å²) in [4.78, 5) is 27.9. The first kappa shape index (κ1) is 15.4. The summed E-state index contributed by atoms with van der Waals surface area (Å²) in [6.45, 7) is 4.41. The molecule has 3 rings (SSSR count). The van der Waals surface area contributed by atoms with E-state index < -0.39 is 0 Å². The summed E-state index contributed by atoms with van der Waals surface area (Å²) < 4.78 is 0. The SMILES string of the molecule is CCN1C(=O)/C(=C/c2ccccn2)S/C1=N/c1cccc(C)n1. The molecular formula is C17H16N4OS. The van der Waals surface area contributed by atoms with E-state index in [4.69, 9.17) is 0 Å². The Morgan fingerprint density at radius 1 is 1.26 bits per heavy atom. The maximum absolute atomic E-state index is 12.5. The molecule has 2 aromatic heterocycles. The number of aliphatic imine (C=N–C) groups is 1. The van der Waals surface area contributed by atoms with Crippen LogP contribution in [0.5, 0.6) is 0 Å². The zero-order chi connectivity index (χ0) is 16.2. The molecular weight excluding hydrogens is 308 g/mol. The fourth-order valence-electron chi connectivity index (χ4n) is 2.15. The van der Waals surface area contributed by atoms with Crippen molar-refractivity contribution in [2.75, 3.05) is 6.54 Å². The molecule has 1 fully saturated rings. The smallest absolute Gasteiger partial charge is 0.266 e. The summed E-state index contributed by atoms with van der Waals surface area (Å²) in [5.41, 5.74) is 1.66. The predicted molar refractivity (Wildman–Crippen MR) is 93.3 cm³/mol. The van der Waals surface area contributed by atoms with E-state index in [-0.39, 0.29) is 5.91 Å². The highest BCUT2D eigenvalue weighted by atomic mass is 32.2. The lowest BCUT2D eigenvalue weighted by Gasteiger charge is -2.11. The molecule has 1 saturated heterocycles. The van der Waals surface area contributed by atoms with E-state index in [0.29, 0.717) is 22.4 Å². The van der Waals surface area contributed by atoms with Gasteiger partial charge in [-0.3, -0.25) is 14.7 Å². The predicted octanol–water partition coefficient (Wildman–Crippen LogP) is 3.41. The Bertz CT molecular complexity index is 786. The van der Waals surface area contributed by atoms with Gasteiger partial charge in [0.05, 0.1) is 10.6 Å². The molecule has 0 aromatic carbocycles. The second kappa shape index (κ2) is 6.75. The fourth-order valence-corrected chi connectivity index (χ4v) is 3.19. The summed E-state index contributed by atoms with van der Waals surface area (Å²) in [5.74, 6) is 0.562. The normalized spacial score (nSPS) is 18.2. The number of nitrogens with zero attached hydrogens (tertiary/aromatic N) is 4. The van der Waals surface area contributed by atoms with Crippen molar-refractivity contribution in [2.24, 2.45) is 4.99 Å². The fraction of sp³-hybridized carbons (Fsp3) is 0.176. The van der Waals surface area contributed by atoms with Crippen LogP contribution in [0.1, 0.15) is 18.3 Å². The molecule has 1 aliphatic rings. The second-order valence-corrected chi connectivity index (χ2v) is 5.96. The van der Waals surface area contributed by atoms with Crippen LogP contribution < -0.4 is 0 Å². The van der Waals surface area contributed by atoms with Gasteiger partial charge in [0.1, 0.15) is 0 Å². The van der Waals surface area contributed by atoms with E-state index in [1.165, 1.54) is 11.8 Å². The van der Waals surface area contributed by atoms with E-state index in [0.717, 1.165) is 11.4 Å². The van der Waals surface area contributed by atoms with E-state index in [9.17, 15) is 4.79 Å². The van der Waals surface area contributed by atoms with Crippen molar-refractivity contribution in [2.45, 2.75) is 13.8 Å². The second-order valence-electron chi connectivity index (χ2n) is 4.95. The van der Waals surface area contributed by atoms with E-state index in [2.05, 4.69) is 15.0 Å². The van der Waals surface area contributed by atoms with Crippen LogP contribution in [0.2, 0.25) is 0 Å². The largest absolute Gasteiger partial charge is 0.287 e. The number of amidine groups is 1. The minimum atomic E-state index is -0.0467. The number of pyridine rings is 2. The Kier molecular flexibility index (Phi) is 4.52. The van der Waals surface area contributed by atoms with Crippen LogP contribution in [0.4, 0.5) is 5.82 Å². The van der Waals surface area contributed by atoms with Crippen LogP contribution in [0.15, 0.2) is 52.5 Å². The lowest BCUT2D eigenvalue weighted by Crippen LogP contribution is -2.28. The zero-order valence-electron chi connectivity index (χ0n) is 12.9. The molecule has 1 amide bonds. The Labute approximate surface area is 139 Å². The summed E-state index contributed by atoms with van der Waals surface area (Å²) >= 11 is 1.35. The van der Waals surface area contributed by atoms with Gasteiger partial charge in [-0.15, -0.1) is 0 Å². The van der Waals surface area contributed by atoms with Crippen molar-refractivity contribution < 1.29 is 4.79 Å². The number of amides is 1. The van der Waals surface area contributed by atoms with Gasteiger partial charge in [-0.25, -0.2) is 9.98 Å². The lowest BCUT2D eigenvalue weighted by atomic mass is 10.3. The summed E-state index contributed by atoms with van der Waals surface area (Å²) in [6, 6.07) is 11.3. The number of aromatic nitrogens is 2. The maximum Gasteiger partial charge on any atom is 0.266 e. The summed E-state index contributed by atoms with van der Waals surface area (Å²) in [6.07, 6.45) is 3.50. The first-order chi connectivity index (χ1) is 11.2. The highest BCUT2D eigenvalue weighted by molar-refractivity contribution is 8.18. The van der Waals surface area contributed by atoms with Gasteiger partial charge in [-0.2, -0.15) is 0 Å². The molecule has 0 unspecified atom stereocenters. The van der Waals surface area contributed by atoms with Crippen molar-refractivity contribution in [3.8, 4) is 0 Å². The van der Waals surface area contributed by atoms with Gasteiger partial charge in [0.2, 0.25) is 0 Å². The minimum Gasteiger partial charge on any atom is -0.287 e. The van der Waals surface area contributed by atoms with Crippen LogP contribution in [-0.2, 0) is 4.79 Å². The van der Waals surface area contributed by atoms with Crippen LogP contribution in [0.3, 0.4) is 0 Å². The molecule has 0 saturated carbocycles. The molecule has 23 heavy (non-hydrogen) atoms. The third kappa shape index (κ3) is 3.48.